The number of unbranched alkanes of at least 4 members (excludes halogenated alkanes) is 4. The highest BCUT2D eigenvalue weighted by Gasteiger charge is 2.28. The molecule has 1 atom stereocenters. The summed E-state index contributed by atoms with van der Waals surface area (Å²) in [5, 5.41) is 7.32. The van der Waals surface area contributed by atoms with Crippen molar-refractivity contribution in [3.8, 4) is 0 Å². The van der Waals surface area contributed by atoms with Gasteiger partial charge >= 0.3 is 0 Å². The maximum absolute atomic E-state index is 4.31. The second kappa shape index (κ2) is 8.19. The smallest absolute Gasteiger partial charge is 0.0880 e. The Balaban J connectivity index is 2.76. The monoisotopic (exact) mass is 262 g/mol. The van der Waals surface area contributed by atoms with Gasteiger partial charge in [0.25, 0.3) is 0 Å². The van der Waals surface area contributed by atoms with Gasteiger partial charge in [-0.1, -0.05) is 65.9 Å². The van der Waals surface area contributed by atoms with E-state index >= 15 is 0 Å². The number of aromatic amines is 1. The first-order chi connectivity index (χ1) is 9.18. The predicted octanol–water partition coefficient (Wildman–Crippen LogP) is 5.47. The SMILES string of the molecule is C=Cc1n[nH]cc1C(C)(CCCC)CCCCCC. The van der Waals surface area contributed by atoms with Crippen LogP contribution in [-0.2, 0) is 5.41 Å². The lowest BCUT2D eigenvalue weighted by Crippen LogP contribution is -2.22. The van der Waals surface area contributed by atoms with E-state index < -0.39 is 0 Å². The van der Waals surface area contributed by atoms with Crippen LogP contribution in [0, 0.1) is 0 Å². The molecular weight excluding hydrogens is 232 g/mol. The van der Waals surface area contributed by atoms with E-state index in [9.17, 15) is 0 Å². The van der Waals surface area contributed by atoms with Gasteiger partial charge in [0.15, 0.2) is 0 Å². The standard InChI is InChI=1S/C17H30N2/c1-5-8-10-11-13-17(4,12-9-6-2)15-14-18-19-16(15)7-3/h7,14H,3,5-6,8-13H2,1-2,4H3,(H,18,19). The second-order valence-electron chi connectivity index (χ2n) is 5.86. The Morgan fingerprint density at radius 2 is 1.84 bits per heavy atom. The number of hydrogen-bond acceptors (Lipinski definition) is 1. The van der Waals surface area contributed by atoms with Crippen molar-refractivity contribution >= 4 is 6.08 Å². The Hall–Kier alpha value is -1.05. The Morgan fingerprint density at radius 3 is 2.47 bits per heavy atom. The molecule has 0 saturated carbocycles. The molecule has 1 unspecified atom stereocenters. The van der Waals surface area contributed by atoms with Gasteiger partial charge in [-0.3, -0.25) is 5.10 Å². The molecule has 0 bridgehead atoms. The first kappa shape index (κ1) is 16.0. The fourth-order valence-corrected chi connectivity index (χ4v) is 2.84. The first-order valence-electron chi connectivity index (χ1n) is 7.84. The molecular formula is C17H30N2. The molecule has 19 heavy (non-hydrogen) atoms. The summed E-state index contributed by atoms with van der Waals surface area (Å²) in [6.07, 6.45) is 14.3. The Morgan fingerprint density at radius 1 is 1.16 bits per heavy atom. The zero-order chi connectivity index (χ0) is 14.1. The minimum atomic E-state index is 0.250. The van der Waals surface area contributed by atoms with Gasteiger partial charge in [-0.15, -0.1) is 0 Å². The third-order valence-corrected chi connectivity index (χ3v) is 4.18. The molecule has 0 aliphatic rings. The average Bonchev–Trinajstić information content (AvgIpc) is 2.90. The highest BCUT2D eigenvalue weighted by Crippen LogP contribution is 2.36. The molecule has 2 heteroatoms. The van der Waals surface area contributed by atoms with Gasteiger partial charge in [0.2, 0.25) is 0 Å². The largest absolute Gasteiger partial charge is 0.285 e. The summed E-state index contributed by atoms with van der Waals surface area (Å²) in [7, 11) is 0. The first-order valence-corrected chi connectivity index (χ1v) is 7.84. The fraction of sp³-hybridized carbons (Fsp3) is 0.706. The minimum Gasteiger partial charge on any atom is -0.285 e. The van der Waals surface area contributed by atoms with Crippen LogP contribution in [0.3, 0.4) is 0 Å². The van der Waals surface area contributed by atoms with Crippen LogP contribution in [-0.4, -0.2) is 10.2 Å². The maximum atomic E-state index is 4.31. The van der Waals surface area contributed by atoms with Crippen LogP contribution in [0.5, 0.6) is 0 Å². The number of aromatic nitrogens is 2. The molecule has 0 aliphatic carbocycles. The van der Waals surface area contributed by atoms with Crippen LogP contribution in [0.1, 0.15) is 83.4 Å². The lowest BCUT2D eigenvalue weighted by atomic mass is 9.74. The zero-order valence-electron chi connectivity index (χ0n) is 13.0. The van der Waals surface area contributed by atoms with Gasteiger partial charge in [-0.2, -0.15) is 5.10 Å². The van der Waals surface area contributed by atoms with Crippen molar-refractivity contribution in [2.75, 3.05) is 0 Å². The number of H-pyrrole nitrogens is 1. The van der Waals surface area contributed by atoms with Gasteiger partial charge in [0.1, 0.15) is 0 Å². The van der Waals surface area contributed by atoms with Crippen molar-refractivity contribution in [1.29, 1.82) is 0 Å². The molecule has 2 nitrogen and oxygen atoms in total. The van der Waals surface area contributed by atoms with Crippen LogP contribution >= 0.6 is 0 Å². The molecule has 1 aromatic rings. The van der Waals surface area contributed by atoms with Crippen LogP contribution < -0.4 is 0 Å². The Bertz CT molecular complexity index is 367. The number of nitrogens with zero attached hydrogens (tertiary/aromatic N) is 1. The van der Waals surface area contributed by atoms with Crippen molar-refractivity contribution in [2.45, 2.75) is 77.6 Å². The summed E-state index contributed by atoms with van der Waals surface area (Å²) in [5.74, 6) is 0. The van der Waals surface area contributed by atoms with Crippen LogP contribution in [0.15, 0.2) is 12.8 Å². The summed E-state index contributed by atoms with van der Waals surface area (Å²) < 4.78 is 0. The predicted molar refractivity (Wildman–Crippen MR) is 84.3 cm³/mol. The molecule has 1 rings (SSSR count). The Labute approximate surface area is 118 Å². The van der Waals surface area contributed by atoms with Crippen molar-refractivity contribution in [3.63, 3.8) is 0 Å². The van der Waals surface area contributed by atoms with E-state index in [1.807, 2.05) is 6.08 Å². The highest BCUT2D eigenvalue weighted by molar-refractivity contribution is 5.48. The lowest BCUT2D eigenvalue weighted by Gasteiger charge is -2.29. The summed E-state index contributed by atoms with van der Waals surface area (Å²) in [6.45, 7) is 10.8. The third kappa shape index (κ3) is 4.52. The topological polar surface area (TPSA) is 28.7 Å². The van der Waals surface area contributed by atoms with E-state index in [1.54, 1.807) is 0 Å². The van der Waals surface area contributed by atoms with E-state index in [2.05, 4.69) is 43.7 Å². The molecule has 0 aliphatic heterocycles. The molecule has 0 radical (unpaired) electrons. The van der Waals surface area contributed by atoms with Crippen LogP contribution in [0.2, 0.25) is 0 Å². The summed E-state index contributed by atoms with van der Waals surface area (Å²) >= 11 is 0. The van der Waals surface area contributed by atoms with E-state index in [0.29, 0.717) is 0 Å². The van der Waals surface area contributed by atoms with Crippen molar-refractivity contribution in [2.24, 2.45) is 0 Å². The fourth-order valence-electron chi connectivity index (χ4n) is 2.84. The highest BCUT2D eigenvalue weighted by atomic mass is 15.1. The lowest BCUT2D eigenvalue weighted by molar-refractivity contribution is 0.369. The van der Waals surface area contributed by atoms with Gasteiger partial charge < -0.3 is 0 Å². The Kier molecular flexibility index (Phi) is 6.90. The second-order valence-corrected chi connectivity index (χ2v) is 5.86. The van der Waals surface area contributed by atoms with Crippen molar-refractivity contribution in [1.82, 2.24) is 10.2 Å². The minimum absolute atomic E-state index is 0.250. The molecule has 1 heterocycles. The quantitative estimate of drug-likeness (QED) is 0.556. The van der Waals surface area contributed by atoms with E-state index in [1.165, 1.54) is 56.9 Å². The van der Waals surface area contributed by atoms with Crippen LogP contribution in [0.4, 0.5) is 0 Å². The average molecular weight is 262 g/mol. The summed E-state index contributed by atoms with van der Waals surface area (Å²) in [6, 6.07) is 0. The molecule has 1 aromatic heterocycles. The summed E-state index contributed by atoms with van der Waals surface area (Å²) in [4.78, 5) is 0. The molecule has 1 N–H and O–H groups in total. The van der Waals surface area contributed by atoms with Crippen molar-refractivity contribution in [3.05, 3.63) is 24.0 Å². The molecule has 0 spiro atoms. The molecule has 0 aromatic carbocycles. The van der Waals surface area contributed by atoms with E-state index in [-0.39, 0.29) is 5.41 Å². The van der Waals surface area contributed by atoms with Gasteiger partial charge in [0, 0.05) is 11.8 Å². The number of hydrogen-bond donors (Lipinski definition) is 1. The zero-order valence-corrected chi connectivity index (χ0v) is 13.0. The van der Waals surface area contributed by atoms with Crippen molar-refractivity contribution < 1.29 is 0 Å². The number of nitrogens with one attached hydrogen (secondary N) is 1. The maximum Gasteiger partial charge on any atom is 0.0880 e. The third-order valence-electron chi connectivity index (χ3n) is 4.18. The summed E-state index contributed by atoms with van der Waals surface area (Å²) in [5.41, 5.74) is 2.64. The molecule has 0 amide bonds. The molecule has 0 saturated heterocycles. The van der Waals surface area contributed by atoms with E-state index in [4.69, 9.17) is 0 Å². The molecule has 108 valence electrons. The molecule has 0 fully saturated rings. The van der Waals surface area contributed by atoms with Gasteiger partial charge in [-0.05, 0) is 24.3 Å². The van der Waals surface area contributed by atoms with Gasteiger partial charge in [0.05, 0.1) is 5.69 Å². The van der Waals surface area contributed by atoms with Crippen LogP contribution in [0.25, 0.3) is 6.08 Å². The normalized spacial score (nSPS) is 14.3. The number of rotatable bonds is 10. The van der Waals surface area contributed by atoms with Gasteiger partial charge in [-0.25, -0.2) is 0 Å². The van der Waals surface area contributed by atoms with E-state index in [0.717, 1.165) is 5.69 Å².